The molecule has 0 radical (unpaired) electrons. The van der Waals surface area contributed by atoms with E-state index in [0.29, 0.717) is 11.3 Å². The van der Waals surface area contributed by atoms with Crippen LogP contribution in [0.15, 0.2) is 24.3 Å². The van der Waals surface area contributed by atoms with Crippen LogP contribution in [0.1, 0.15) is 51.4 Å². The van der Waals surface area contributed by atoms with Crippen LogP contribution in [0.25, 0.3) is 0 Å². The van der Waals surface area contributed by atoms with Crippen molar-refractivity contribution in [3.8, 4) is 0 Å². The molecule has 0 aromatic heterocycles. The molecule has 118 valence electrons. The van der Waals surface area contributed by atoms with Gasteiger partial charge in [0.25, 0.3) is 0 Å². The van der Waals surface area contributed by atoms with Crippen molar-refractivity contribution in [2.24, 2.45) is 17.3 Å². The molecule has 1 unspecified atom stereocenters. The Balaban J connectivity index is 2.37. The van der Waals surface area contributed by atoms with Gasteiger partial charge >= 0.3 is 0 Å². The normalized spacial score (nSPS) is 19.2. The van der Waals surface area contributed by atoms with E-state index < -0.39 is 5.41 Å². The summed E-state index contributed by atoms with van der Waals surface area (Å²) in [5.74, 6) is -0.506. The number of imide groups is 1. The lowest BCUT2D eigenvalue weighted by Gasteiger charge is -2.20. The van der Waals surface area contributed by atoms with Crippen LogP contribution in [-0.4, -0.2) is 17.6 Å². The standard InChI is InChI=1S/C18H23NO3/c1-11(2)14-10-15(20)19(17(14)22)13-8-6-7-12(9-13)16(21)18(3,4)5/h6-9,11,14H,10H2,1-5H3. The number of ketones is 1. The summed E-state index contributed by atoms with van der Waals surface area (Å²) in [6.07, 6.45) is 0.244. The zero-order valence-electron chi connectivity index (χ0n) is 13.8. The largest absolute Gasteiger partial charge is 0.294 e. The van der Waals surface area contributed by atoms with Gasteiger partial charge in [-0.25, -0.2) is 0 Å². The second-order valence-corrected chi connectivity index (χ2v) is 7.25. The van der Waals surface area contributed by atoms with E-state index >= 15 is 0 Å². The minimum Gasteiger partial charge on any atom is -0.294 e. The van der Waals surface area contributed by atoms with Crippen molar-refractivity contribution in [1.29, 1.82) is 0 Å². The maximum atomic E-state index is 12.5. The van der Waals surface area contributed by atoms with Gasteiger partial charge in [0.1, 0.15) is 0 Å². The second kappa shape index (κ2) is 5.67. The monoisotopic (exact) mass is 301 g/mol. The molecule has 0 aliphatic carbocycles. The zero-order chi connectivity index (χ0) is 16.7. The highest BCUT2D eigenvalue weighted by atomic mass is 16.2. The molecular weight excluding hydrogens is 278 g/mol. The third kappa shape index (κ3) is 2.96. The number of hydrogen-bond acceptors (Lipinski definition) is 3. The molecule has 1 saturated heterocycles. The van der Waals surface area contributed by atoms with Gasteiger partial charge in [-0.15, -0.1) is 0 Å². The molecule has 4 nitrogen and oxygen atoms in total. The molecule has 0 saturated carbocycles. The molecule has 2 amide bonds. The first kappa shape index (κ1) is 16.4. The summed E-state index contributed by atoms with van der Waals surface area (Å²) < 4.78 is 0. The second-order valence-electron chi connectivity index (χ2n) is 7.25. The molecule has 1 aliphatic heterocycles. The molecule has 1 aromatic rings. The number of nitrogens with zero attached hydrogens (tertiary/aromatic N) is 1. The lowest BCUT2D eigenvalue weighted by atomic mass is 9.86. The predicted octanol–water partition coefficient (Wildman–Crippen LogP) is 3.45. The van der Waals surface area contributed by atoms with Gasteiger partial charge in [0, 0.05) is 17.4 Å². The van der Waals surface area contributed by atoms with E-state index in [0.717, 1.165) is 0 Å². The molecule has 1 heterocycles. The summed E-state index contributed by atoms with van der Waals surface area (Å²) in [6.45, 7) is 9.44. The summed E-state index contributed by atoms with van der Waals surface area (Å²) in [5.41, 5.74) is 0.518. The van der Waals surface area contributed by atoms with Gasteiger partial charge in [0.15, 0.2) is 5.78 Å². The molecule has 1 atom stereocenters. The van der Waals surface area contributed by atoms with Crippen molar-refractivity contribution >= 4 is 23.3 Å². The number of anilines is 1. The van der Waals surface area contributed by atoms with Crippen LogP contribution in [-0.2, 0) is 9.59 Å². The summed E-state index contributed by atoms with van der Waals surface area (Å²) in [4.78, 5) is 38.3. The van der Waals surface area contributed by atoms with Gasteiger partial charge in [-0.1, -0.05) is 46.8 Å². The van der Waals surface area contributed by atoms with Gasteiger partial charge in [-0.3, -0.25) is 19.3 Å². The van der Waals surface area contributed by atoms with E-state index in [9.17, 15) is 14.4 Å². The van der Waals surface area contributed by atoms with Crippen LogP contribution in [0.5, 0.6) is 0 Å². The number of carbonyl (C=O) groups is 3. The molecule has 1 fully saturated rings. The topological polar surface area (TPSA) is 54.5 Å². The van der Waals surface area contributed by atoms with Crippen molar-refractivity contribution in [1.82, 2.24) is 0 Å². The van der Waals surface area contributed by atoms with Crippen LogP contribution in [0, 0.1) is 17.3 Å². The summed E-state index contributed by atoms with van der Waals surface area (Å²) in [7, 11) is 0. The number of benzene rings is 1. The highest BCUT2D eigenvalue weighted by Crippen LogP contribution is 2.32. The average molecular weight is 301 g/mol. The van der Waals surface area contributed by atoms with Crippen molar-refractivity contribution in [2.45, 2.75) is 41.0 Å². The van der Waals surface area contributed by atoms with Crippen LogP contribution >= 0.6 is 0 Å². The van der Waals surface area contributed by atoms with Crippen molar-refractivity contribution in [2.75, 3.05) is 4.90 Å². The van der Waals surface area contributed by atoms with Gasteiger partial charge < -0.3 is 0 Å². The molecule has 2 rings (SSSR count). The van der Waals surface area contributed by atoms with Crippen LogP contribution in [0.3, 0.4) is 0 Å². The highest BCUT2D eigenvalue weighted by molar-refractivity contribution is 6.21. The average Bonchev–Trinajstić information content (AvgIpc) is 2.72. The Kier molecular flexibility index (Phi) is 4.23. The Labute approximate surface area is 131 Å². The van der Waals surface area contributed by atoms with Crippen LogP contribution in [0.4, 0.5) is 5.69 Å². The van der Waals surface area contributed by atoms with Crippen LogP contribution < -0.4 is 4.90 Å². The molecule has 1 aromatic carbocycles. The van der Waals surface area contributed by atoms with Crippen molar-refractivity contribution < 1.29 is 14.4 Å². The Morgan fingerprint density at radius 2 is 1.86 bits per heavy atom. The van der Waals surface area contributed by atoms with Gasteiger partial charge in [0.2, 0.25) is 11.8 Å². The Bertz CT molecular complexity index is 625. The minimum atomic E-state index is -0.502. The number of Topliss-reactive ketones (excluding diaryl/α,β-unsaturated/α-hetero) is 1. The molecule has 0 bridgehead atoms. The van der Waals surface area contributed by atoms with Crippen molar-refractivity contribution in [3.05, 3.63) is 29.8 Å². The van der Waals surface area contributed by atoms with E-state index in [1.54, 1.807) is 24.3 Å². The van der Waals surface area contributed by atoms with E-state index in [1.807, 2.05) is 34.6 Å². The van der Waals surface area contributed by atoms with Crippen molar-refractivity contribution in [3.63, 3.8) is 0 Å². The fourth-order valence-corrected chi connectivity index (χ4v) is 2.67. The van der Waals surface area contributed by atoms with Gasteiger partial charge in [-0.2, -0.15) is 0 Å². The number of amides is 2. The fraction of sp³-hybridized carbons (Fsp3) is 0.500. The number of rotatable bonds is 3. The maximum Gasteiger partial charge on any atom is 0.237 e. The molecule has 0 spiro atoms. The Hall–Kier alpha value is -1.97. The number of hydrogen-bond donors (Lipinski definition) is 0. The minimum absolute atomic E-state index is 0.00569. The molecule has 1 aliphatic rings. The fourth-order valence-electron chi connectivity index (χ4n) is 2.67. The summed E-state index contributed by atoms with van der Waals surface area (Å²) in [5, 5.41) is 0. The summed E-state index contributed by atoms with van der Waals surface area (Å²) >= 11 is 0. The first-order valence-electron chi connectivity index (χ1n) is 7.64. The smallest absolute Gasteiger partial charge is 0.237 e. The molecular formula is C18H23NO3. The Morgan fingerprint density at radius 1 is 1.23 bits per heavy atom. The lowest BCUT2D eigenvalue weighted by molar-refractivity contribution is -0.122. The first-order valence-corrected chi connectivity index (χ1v) is 7.64. The van der Waals surface area contributed by atoms with Gasteiger partial charge in [-0.05, 0) is 18.1 Å². The van der Waals surface area contributed by atoms with E-state index in [2.05, 4.69) is 0 Å². The predicted molar refractivity (Wildman–Crippen MR) is 85.7 cm³/mol. The van der Waals surface area contributed by atoms with Gasteiger partial charge in [0.05, 0.1) is 11.6 Å². The third-order valence-corrected chi connectivity index (χ3v) is 4.03. The third-order valence-electron chi connectivity index (χ3n) is 4.03. The maximum absolute atomic E-state index is 12.5. The highest BCUT2D eigenvalue weighted by Gasteiger charge is 2.41. The Morgan fingerprint density at radius 3 is 2.36 bits per heavy atom. The molecule has 22 heavy (non-hydrogen) atoms. The van der Waals surface area contributed by atoms with E-state index in [4.69, 9.17) is 0 Å². The lowest BCUT2D eigenvalue weighted by Crippen LogP contribution is -2.31. The zero-order valence-corrected chi connectivity index (χ0v) is 13.8. The van der Waals surface area contributed by atoms with E-state index in [1.165, 1.54) is 4.90 Å². The first-order chi connectivity index (χ1) is 10.1. The van der Waals surface area contributed by atoms with Crippen LogP contribution in [0.2, 0.25) is 0 Å². The summed E-state index contributed by atoms with van der Waals surface area (Å²) in [6, 6.07) is 6.80. The quantitative estimate of drug-likeness (QED) is 0.634. The SMILES string of the molecule is CC(C)C1CC(=O)N(c2cccc(C(=O)C(C)(C)C)c2)C1=O. The van der Waals surface area contributed by atoms with E-state index in [-0.39, 0.29) is 35.9 Å². The molecule has 4 heteroatoms. The number of carbonyl (C=O) groups excluding carboxylic acids is 3. The molecule has 0 N–H and O–H groups in total.